The summed E-state index contributed by atoms with van der Waals surface area (Å²) in [6.07, 6.45) is 7.83. The Hall–Kier alpha value is -0.790. The molecule has 6 heteroatoms. The third kappa shape index (κ3) is 6.74. The third-order valence-corrected chi connectivity index (χ3v) is 5.70. The number of rotatable bonds is 7. The first kappa shape index (κ1) is 23.2. The van der Waals surface area contributed by atoms with Crippen LogP contribution in [0.15, 0.2) is 9.52 Å². The van der Waals surface area contributed by atoms with E-state index in [1.165, 1.54) is 37.7 Å². The number of guanidine groups is 1. The highest BCUT2D eigenvalue weighted by molar-refractivity contribution is 14.0. The van der Waals surface area contributed by atoms with Gasteiger partial charge in [-0.2, -0.15) is 0 Å². The van der Waals surface area contributed by atoms with Crippen LogP contribution in [0.5, 0.6) is 0 Å². The number of aryl methyl sites for hydroxylation is 2. The van der Waals surface area contributed by atoms with Crippen LogP contribution in [-0.4, -0.2) is 30.2 Å². The second-order valence-electron chi connectivity index (χ2n) is 7.50. The van der Waals surface area contributed by atoms with E-state index in [1.807, 2.05) is 13.8 Å². The van der Waals surface area contributed by atoms with Gasteiger partial charge < -0.3 is 15.2 Å². The maximum atomic E-state index is 5.23. The van der Waals surface area contributed by atoms with Gasteiger partial charge >= 0.3 is 0 Å². The molecular formula is C20H37IN4O. The predicted molar refractivity (Wildman–Crippen MR) is 119 cm³/mol. The summed E-state index contributed by atoms with van der Waals surface area (Å²) in [5, 5.41) is 11.0. The summed E-state index contributed by atoms with van der Waals surface area (Å²) < 4.78 is 5.23. The Bertz CT molecular complexity index is 533. The average molecular weight is 476 g/mol. The smallest absolute Gasteiger partial charge is 0.191 e. The number of aliphatic imine (C=N–C) groups is 1. The molecule has 2 rings (SSSR count). The minimum atomic E-state index is 0. The molecule has 1 fully saturated rings. The van der Waals surface area contributed by atoms with Crippen LogP contribution in [0.3, 0.4) is 0 Å². The number of nitrogens with one attached hydrogen (secondary N) is 2. The first-order valence-corrected chi connectivity index (χ1v) is 9.99. The molecule has 1 heterocycles. The summed E-state index contributed by atoms with van der Waals surface area (Å²) in [6.45, 7) is 12.4. The molecule has 0 aliphatic heterocycles. The van der Waals surface area contributed by atoms with Crippen molar-refractivity contribution in [2.24, 2.45) is 16.8 Å². The van der Waals surface area contributed by atoms with Crippen LogP contribution < -0.4 is 10.6 Å². The van der Waals surface area contributed by atoms with Crippen molar-refractivity contribution in [3.05, 3.63) is 17.0 Å². The van der Waals surface area contributed by atoms with Gasteiger partial charge in [-0.05, 0) is 46.0 Å². The molecule has 2 atom stereocenters. The van der Waals surface area contributed by atoms with Gasteiger partial charge in [0.1, 0.15) is 5.76 Å². The van der Waals surface area contributed by atoms with Crippen molar-refractivity contribution < 1.29 is 4.52 Å². The molecule has 1 saturated carbocycles. The van der Waals surface area contributed by atoms with Crippen LogP contribution in [0.1, 0.15) is 69.9 Å². The third-order valence-electron chi connectivity index (χ3n) is 5.70. The van der Waals surface area contributed by atoms with Gasteiger partial charge in [0.2, 0.25) is 0 Å². The minimum absolute atomic E-state index is 0. The van der Waals surface area contributed by atoms with Crippen molar-refractivity contribution in [3.63, 3.8) is 0 Å². The lowest BCUT2D eigenvalue weighted by molar-refractivity contribution is 0.229. The molecule has 150 valence electrons. The summed E-state index contributed by atoms with van der Waals surface area (Å²) in [7, 11) is 0. The maximum absolute atomic E-state index is 5.23. The van der Waals surface area contributed by atoms with Crippen molar-refractivity contribution in [1.82, 2.24) is 15.8 Å². The van der Waals surface area contributed by atoms with Crippen molar-refractivity contribution >= 4 is 29.9 Å². The number of hydrogen-bond acceptors (Lipinski definition) is 3. The van der Waals surface area contributed by atoms with Crippen molar-refractivity contribution in [3.8, 4) is 0 Å². The largest absolute Gasteiger partial charge is 0.361 e. The van der Waals surface area contributed by atoms with E-state index >= 15 is 0 Å². The first-order valence-electron chi connectivity index (χ1n) is 9.99. The zero-order valence-corrected chi connectivity index (χ0v) is 19.4. The highest BCUT2D eigenvalue weighted by Gasteiger charge is 2.25. The lowest BCUT2D eigenvalue weighted by atomic mass is 9.78. The normalized spacial score (nSPS) is 18.1. The predicted octanol–water partition coefficient (Wildman–Crippen LogP) is 4.61. The van der Waals surface area contributed by atoms with E-state index < -0.39 is 0 Å². The summed E-state index contributed by atoms with van der Waals surface area (Å²) in [4.78, 5) is 4.76. The molecule has 0 bridgehead atoms. The molecule has 5 nitrogen and oxygen atoms in total. The molecule has 1 aliphatic rings. The maximum Gasteiger partial charge on any atom is 0.191 e. The molecule has 26 heavy (non-hydrogen) atoms. The highest BCUT2D eigenvalue weighted by Crippen LogP contribution is 2.31. The monoisotopic (exact) mass is 476 g/mol. The van der Waals surface area contributed by atoms with E-state index in [2.05, 4.69) is 36.6 Å². The van der Waals surface area contributed by atoms with E-state index in [0.29, 0.717) is 12.0 Å². The van der Waals surface area contributed by atoms with Crippen molar-refractivity contribution in [1.29, 1.82) is 0 Å². The van der Waals surface area contributed by atoms with E-state index in [0.717, 1.165) is 42.8 Å². The van der Waals surface area contributed by atoms with Crippen LogP contribution in [0.25, 0.3) is 0 Å². The molecule has 1 aromatic rings. The van der Waals surface area contributed by atoms with Crippen molar-refractivity contribution in [2.75, 3.05) is 13.1 Å². The Kier molecular flexibility index (Phi) is 10.6. The number of hydrogen-bond donors (Lipinski definition) is 2. The molecule has 0 radical (unpaired) electrons. The van der Waals surface area contributed by atoms with Gasteiger partial charge in [-0.1, -0.05) is 44.2 Å². The van der Waals surface area contributed by atoms with Gasteiger partial charge in [0.15, 0.2) is 5.96 Å². The van der Waals surface area contributed by atoms with Crippen molar-refractivity contribution in [2.45, 2.75) is 79.2 Å². The SMILES string of the molecule is CCNC(=NCCc1c(C)noc1C)NC(C)C(C)C1CCCCC1.I. The Morgan fingerprint density at radius 3 is 2.50 bits per heavy atom. The first-order chi connectivity index (χ1) is 12.0. The zero-order chi connectivity index (χ0) is 18.2. The van der Waals surface area contributed by atoms with Gasteiger partial charge in [-0.15, -0.1) is 24.0 Å². The fourth-order valence-corrected chi connectivity index (χ4v) is 3.87. The van der Waals surface area contributed by atoms with E-state index in [-0.39, 0.29) is 24.0 Å². The molecule has 2 unspecified atom stereocenters. The highest BCUT2D eigenvalue weighted by atomic mass is 127. The van der Waals surface area contributed by atoms with E-state index in [1.54, 1.807) is 0 Å². The molecule has 0 spiro atoms. The molecular weight excluding hydrogens is 439 g/mol. The minimum Gasteiger partial charge on any atom is -0.361 e. The Balaban J connectivity index is 0.00000338. The van der Waals surface area contributed by atoms with Crippen LogP contribution >= 0.6 is 24.0 Å². The number of halogens is 1. The summed E-state index contributed by atoms with van der Waals surface area (Å²) in [6, 6.07) is 0.431. The molecule has 2 N–H and O–H groups in total. The van der Waals surface area contributed by atoms with E-state index in [9.17, 15) is 0 Å². The average Bonchev–Trinajstić information content (AvgIpc) is 2.93. The van der Waals surface area contributed by atoms with Gasteiger partial charge in [-0.25, -0.2) is 0 Å². The molecule has 0 aromatic carbocycles. The van der Waals surface area contributed by atoms with Crippen LogP contribution in [0, 0.1) is 25.7 Å². The number of nitrogens with zero attached hydrogens (tertiary/aromatic N) is 2. The van der Waals surface area contributed by atoms with Gasteiger partial charge in [-0.3, -0.25) is 4.99 Å². The Morgan fingerprint density at radius 2 is 1.92 bits per heavy atom. The molecule has 1 aliphatic carbocycles. The Labute approximate surface area is 176 Å². The number of aromatic nitrogens is 1. The van der Waals surface area contributed by atoms with Crippen LogP contribution in [-0.2, 0) is 6.42 Å². The summed E-state index contributed by atoms with van der Waals surface area (Å²) in [5.41, 5.74) is 2.16. The lowest BCUT2D eigenvalue weighted by Crippen LogP contribution is -2.46. The van der Waals surface area contributed by atoms with Gasteiger partial charge in [0.25, 0.3) is 0 Å². The van der Waals surface area contributed by atoms with Crippen LogP contribution in [0.4, 0.5) is 0 Å². The topological polar surface area (TPSA) is 62.5 Å². The van der Waals surface area contributed by atoms with E-state index in [4.69, 9.17) is 9.52 Å². The Morgan fingerprint density at radius 1 is 1.23 bits per heavy atom. The zero-order valence-electron chi connectivity index (χ0n) is 17.1. The second kappa shape index (κ2) is 11.8. The lowest BCUT2D eigenvalue weighted by Gasteiger charge is -2.32. The molecule has 0 saturated heterocycles. The summed E-state index contributed by atoms with van der Waals surface area (Å²) in [5.74, 6) is 3.35. The standard InChI is InChI=1S/C20H36N4O.HI/c1-6-21-20(22-13-12-19-16(4)24-25-17(19)5)23-15(3)14(2)18-10-8-7-9-11-18;/h14-15,18H,6-13H2,1-5H3,(H2,21,22,23);1H. The van der Waals surface area contributed by atoms with Gasteiger partial charge in [0, 0.05) is 24.7 Å². The van der Waals surface area contributed by atoms with Crippen LogP contribution in [0.2, 0.25) is 0 Å². The molecule has 1 aromatic heterocycles. The fourth-order valence-electron chi connectivity index (χ4n) is 3.87. The molecule has 0 amide bonds. The fraction of sp³-hybridized carbons (Fsp3) is 0.800. The van der Waals surface area contributed by atoms with Gasteiger partial charge in [0.05, 0.1) is 5.69 Å². The quantitative estimate of drug-likeness (QED) is 0.343. The second-order valence-corrected chi connectivity index (χ2v) is 7.50. The summed E-state index contributed by atoms with van der Waals surface area (Å²) >= 11 is 0.